The van der Waals surface area contributed by atoms with Crippen LogP contribution in [-0.2, 0) is 24.3 Å². The van der Waals surface area contributed by atoms with Gasteiger partial charge in [0.2, 0.25) is 5.91 Å². The number of fused-ring (bicyclic) bond motifs is 1. The first kappa shape index (κ1) is 16.2. The summed E-state index contributed by atoms with van der Waals surface area (Å²) in [4.78, 5) is 12.6. The first-order chi connectivity index (χ1) is 12.2. The summed E-state index contributed by atoms with van der Waals surface area (Å²) in [6.45, 7) is 1.38. The lowest BCUT2D eigenvalue weighted by molar-refractivity contribution is -0.123. The van der Waals surface area contributed by atoms with Crippen LogP contribution in [0.15, 0.2) is 24.3 Å². The fraction of sp³-hybridized carbons (Fsp3) is 0.500. The van der Waals surface area contributed by atoms with E-state index in [4.69, 9.17) is 0 Å². The van der Waals surface area contributed by atoms with Crippen LogP contribution in [0.5, 0.6) is 0 Å². The Morgan fingerprint density at radius 2 is 2.04 bits per heavy atom. The second-order valence-electron chi connectivity index (χ2n) is 6.79. The summed E-state index contributed by atoms with van der Waals surface area (Å²) in [5.74, 6) is 1.48. The highest BCUT2D eigenvalue weighted by molar-refractivity contribution is 5.83. The molecule has 0 spiro atoms. The predicted octanol–water partition coefficient (Wildman–Crippen LogP) is 1.86. The molecule has 1 aliphatic heterocycles. The number of nitrogens with one attached hydrogen (secondary N) is 2. The third-order valence-corrected chi connectivity index (χ3v) is 4.79. The SMILES string of the molecule is O=C(NC1CC1)[C@@H](NCc1nnc2n1CCCC2)c1ccc(F)cc1. The minimum Gasteiger partial charge on any atom is -0.352 e. The Morgan fingerprint density at radius 3 is 2.80 bits per heavy atom. The Kier molecular flexibility index (Phi) is 4.48. The van der Waals surface area contributed by atoms with Crippen LogP contribution in [0, 0.1) is 5.82 Å². The summed E-state index contributed by atoms with van der Waals surface area (Å²) >= 11 is 0. The number of rotatable bonds is 6. The van der Waals surface area contributed by atoms with Crippen molar-refractivity contribution in [2.45, 2.75) is 57.3 Å². The molecule has 1 aromatic heterocycles. The molecule has 1 aromatic carbocycles. The van der Waals surface area contributed by atoms with Crippen LogP contribution in [0.25, 0.3) is 0 Å². The van der Waals surface area contributed by atoms with Crippen molar-refractivity contribution in [2.75, 3.05) is 0 Å². The van der Waals surface area contributed by atoms with E-state index in [0.717, 1.165) is 55.9 Å². The van der Waals surface area contributed by atoms with Crippen LogP contribution in [0.1, 0.15) is 48.9 Å². The molecule has 1 aliphatic carbocycles. The molecule has 6 nitrogen and oxygen atoms in total. The second-order valence-corrected chi connectivity index (χ2v) is 6.79. The number of carbonyl (C=O) groups excluding carboxylic acids is 1. The van der Waals surface area contributed by atoms with Gasteiger partial charge in [-0.25, -0.2) is 4.39 Å². The van der Waals surface area contributed by atoms with Crippen molar-refractivity contribution in [1.82, 2.24) is 25.4 Å². The van der Waals surface area contributed by atoms with Gasteiger partial charge in [-0.05, 0) is 43.4 Å². The van der Waals surface area contributed by atoms with Crippen LogP contribution in [-0.4, -0.2) is 26.7 Å². The van der Waals surface area contributed by atoms with Crippen LogP contribution in [0.2, 0.25) is 0 Å². The number of hydrogen-bond donors (Lipinski definition) is 2. The van der Waals surface area contributed by atoms with Gasteiger partial charge in [0.25, 0.3) is 0 Å². The molecule has 0 bridgehead atoms. The minimum atomic E-state index is -0.530. The molecule has 1 amide bonds. The second kappa shape index (κ2) is 6.92. The van der Waals surface area contributed by atoms with E-state index in [9.17, 15) is 9.18 Å². The van der Waals surface area contributed by atoms with E-state index < -0.39 is 6.04 Å². The van der Waals surface area contributed by atoms with Gasteiger partial charge in [0.05, 0.1) is 6.54 Å². The Balaban J connectivity index is 1.50. The molecular weight excluding hydrogens is 321 g/mol. The molecule has 2 aliphatic rings. The van der Waals surface area contributed by atoms with Crippen LogP contribution < -0.4 is 10.6 Å². The highest BCUT2D eigenvalue weighted by Gasteiger charge is 2.28. The average Bonchev–Trinajstić information content (AvgIpc) is 3.34. The van der Waals surface area contributed by atoms with Gasteiger partial charge >= 0.3 is 0 Å². The normalized spacial score (nSPS) is 17.8. The van der Waals surface area contributed by atoms with Crippen molar-refractivity contribution >= 4 is 5.91 Å². The molecule has 7 heteroatoms. The topological polar surface area (TPSA) is 71.8 Å². The molecule has 1 atom stereocenters. The van der Waals surface area contributed by atoms with E-state index in [0.29, 0.717) is 6.54 Å². The molecule has 25 heavy (non-hydrogen) atoms. The third kappa shape index (κ3) is 3.71. The molecule has 0 unspecified atom stereocenters. The number of benzene rings is 1. The van der Waals surface area contributed by atoms with E-state index in [1.807, 2.05) is 0 Å². The van der Waals surface area contributed by atoms with Crippen molar-refractivity contribution in [3.05, 3.63) is 47.3 Å². The quantitative estimate of drug-likeness (QED) is 0.840. The fourth-order valence-electron chi connectivity index (χ4n) is 3.22. The molecular formula is C18H22FN5O. The first-order valence-corrected chi connectivity index (χ1v) is 8.91. The molecule has 2 N–H and O–H groups in total. The zero-order valence-electron chi connectivity index (χ0n) is 14.0. The first-order valence-electron chi connectivity index (χ1n) is 8.91. The number of halogens is 1. The number of nitrogens with zero attached hydrogens (tertiary/aromatic N) is 3. The summed E-state index contributed by atoms with van der Waals surface area (Å²) < 4.78 is 15.4. The van der Waals surface area contributed by atoms with Crippen molar-refractivity contribution in [3.63, 3.8) is 0 Å². The number of aryl methyl sites for hydroxylation is 1. The summed E-state index contributed by atoms with van der Waals surface area (Å²) in [6.07, 6.45) is 5.28. The van der Waals surface area contributed by atoms with Crippen molar-refractivity contribution in [2.24, 2.45) is 0 Å². The largest absolute Gasteiger partial charge is 0.352 e. The zero-order chi connectivity index (χ0) is 17.2. The lowest BCUT2D eigenvalue weighted by Crippen LogP contribution is -2.38. The van der Waals surface area contributed by atoms with Gasteiger partial charge in [0.1, 0.15) is 23.5 Å². The number of hydrogen-bond acceptors (Lipinski definition) is 4. The lowest BCUT2D eigenvalue weighted by atomic mass is 10.1. The molecule has 4 rings (SSSR count). The van der Waals surface area contributed by atoms with E-state index in [2.05, 4.69) is 25.4 Å². The zero-order valence-corrected chi connectivity index (χ0v) is 14.0. The third-order valence-electron chi connectivity index (χ3n) is 4.79. The van der Waals surface area contributed by atoms with Crippen molar-refractivity contribution < 1.29 is 9.18 Å². The van der Waals surface area contributed by atoms with E-state index >= 15 is 0 Å². The fourth-order valence-corrected chi connectivity index (χ4v) is 3.22. The highest BCUT2D eigenvalue weighted by atomic mass is 19.1. The van der Waals surface area contributed by atoms with Crippen molar-refractivity contribution in [1.29, 1.82) is 0 Å². The summed E-state index contributed by atoms with van der Waals surface area (Å²) in [6, 6.07) is 5.81. The predicted molar refractivity (Wildman–Crippen MR) is 90.1 cm³/mol. The Hall–Kier alpha value is -2.28. The highest BCUT2D eigenvalue weighted by Crippen LogP contribution is 2.22. The average molecular weight is 343 g/mol. The van der Waals surface area contributed by atoms with Crippen LogP contribution >= 0.6 is 0 Å². The van der Waals surface area contributed by atoms with Crippen molar-refractivity contribution in [3.8, 4) is 0 Å². The summed E-state index contributed by atoms with van der Waals surface area (Å²) in [5, 5.41) is 14.8. The van der Waals surface area contributed by atoms with Gasteiger partial charge in [0, 0.05) is 19.0 Å². The maximum Gasteiger partial charge on any atom is 0.241 e. The number of amides is 1. The van der Waals surface area contributed by atoms with Gasteiger partial charge in [-0.15, -0.1) is 10.2 Å². The van der Waals surface area contributed by atoms with Gasteiger partial charge < -0.3 is 9.88 Å². The maximum absolute atomic E-state index is 13.2. The summed E-state index contributed by atoms with van der Waals surface area (Å²) in [7, 11) is 0. The Labute approximate surface area is 145 Å². The van der Waals surface area contributed by atoms with E-state index in [1.165, 1.54) is 12.1 Å². The molecule has 2 aromatic rings. The summed E-state index contributed by atoms with van der Waals surface area (Å²) in [5.41, 5.74) is 0.748. The number of aromatic nitrogens is 3. The number of carbonyl (C=O) groups is 1. The van der Waals surface area contributed by atoms with Gasteiger partial charge in [-0.2, -0.15) is 0 Å². The lowest BCUT2D eigenvalue weighted by Gasteiger charge is -2.20. The van der Waals surface area contributed by atoms with E-state index in [1.54, 1.807) is 12.1 Å². The monoisotopic (exact) mass is 343 g/mol. The van der Waals surface area contributed by atoms with Gasteiger partial charge in [0.15, 0.2) is 0 Å². The smallest absolute Gasteiger partial charge is 0.241 e. The van der Waals surface area contributed by atoms with Crippen LogP contribution in [0.4, 0.5) is 4.39 Å². The molecule has 132 valence electrons. The molecule has 1 saturated carbocycles. The molecule has 0 saturated heterocycles. The standard InChI is InChI=1S/C18H22FN5O/c19-13-6-4-12(5-7-13)17(18(25)21-14-8-9-14)20-11-16-23-22-15-3-1-2-10-24(15)16/h4-7,14,17,20H,1-3,8-11H2,(H,21,25)/t17-/m0/s1. The van der Waals surface area contributed by atoms with Gasteiger partial charge in [-0.1, -0.05) is 12.1 Å². The molecule has 0 radical (unpaired) electrons. The van der Waals surface area contributed by atoms with E-state index in [-0.39, 0.29) is 17.8 Å². The van der Waals surface area contributed by atoms with Gasteiger partial charge in [-0.3, -0.25) is 10.1 Å². The Bertz CT molecular complexity index is 753. The minimum absolute atomic E-state index is 0.0764. The maximum atomic E-state index is 13.2. The molecule has 2 heterocycles. The molecule has 1 fully saturated rings. The Morgan fingerprint density at radius 1 is 1.24 bits per heavy atom. The van der Waals surface area contributed by atoms with Crippen LogP contribution in [0.3, 0.4) is 0 Å².